The number of unbranched alkanes of at least 4 members (excludes halogenated alkanes) is 20. The third-order valence-electron chi connectivity index (χ3n) is 10.4. The van der Waals surface area contributed by atoms with Gasteiger partial charge in [0.2, 0.25) is 0 Å². The molecule has 60 heavy (non-hydrogen) atoms. The number of ether oxygens (including phenoxy) is 3. The monoisotopic (exact) mass is 835 g/mol. The van der Waals surface area contributed by atoms with Gasteiger partial charge in [-0.15, -0.1) is 0 Å². The molecular formula is C55H94O5. The van der Waals surface area contributed by atoms with Crippen molar-refractivity contribution in [1.82, 2.24) is 0 Å². The van der Waals surface area contributed by atoms with Crippen LogP contribution in [0.15, 0.2) is 85.1 Å². The van der Waals surface area contributed by atoms with E-state index >= 15 is 0 Å². The first-order valence-corrected chi connectivity index (χ1v) is 25.1. The van der Waals surface area contributed by atoms with Gasteiger partial charge in [0.15, 0.2) is 6.10 Å². The van der Waals surface area contributed by atoms with Crippen molar-refractivity contribution in [2.45, 2.75) is 232 Å². The second kappa shape index (κ2) is 50.4. The molecule has 0 saturated heterocycles. The molecule has 1 atom stereocenters. The van der Waals surface area contributed by atoms with Crippen molar-refractivity contribution >= 4 is 11.9 Å². The summed E-state index contributed by atoms with van der Waals surface area (Å²) >= 11 is 0. The van der Waals surface area contributed by atoms with Crippen molar-refractivity contribution in [3.8, 4) is 0 Å². The van der Waals surface area contributed by atoms with Crippen LogP contribution in [-0.2, 0) is 23.8 Å². The van der Waals surface area contributed by atoms with Crippen molar-refractivity contribution in [3.63, 3.8) is 0 Å². The van der Waals surface area contributed by atoms with Crippen LogP contribution in [0.25, 0.3) is 0 Å². The third-order valence-corrected chi connectivity index (χ3v) is 10.4. The van der Waals surface area contributed by atoms with E-state index in [4.69, 9.17) is 14.2 Å². The van der Waals surface area contributed by atoms with Crippen molar-refractivity contribution in [3.05, 3.63) is 85.1 Å². The number of carbonyl (C=O) groups is 2. The maximum Gasteiger partial charge on any atom is 0.306 e. The normalized spacial score (nSPS) is 12.9. The van der Waals surface area contributed by atoms with Crippen molar-refractivity contribution in [2.24, 2.45) is 0 Å². The minimum absolute atomic E-state index is 0.0471. The third kappa shape index (κ3) is 47.8. The van der Waals surface area contributed by atoms with E-state index < -0.39 is 6.10 Å². The molecule has 0 spiro atoms. The average molecular weight is 835 g/mol. The lowest BCUT2D eigenvalue weighted by molar-refractivity contribution is -0.163. The number of hydrogen-bond acceptors (Lipinski definition) is 5. The molecule has 0 aliphatic carbocycles. The molecule has 0 aliphatic heterocycles. The Morgan fingerprint density at radius 2 is 0.783 bits per heavy atom. The molecule has 1 unspecified atom stereocenters. The molecule has 0 aromatic carbocycles. The molecule has 0 saturated carbocycles. The first-order chi connectivity index (χ1) is 29.6. The van der Waals surface area contributed by atoms with Crippen LogP contribution in [0, 0.1) is 0 Å². The molecular weight excluding hydrogens is 741 g/mol. The van der Waals surface area contributed by atoms with E-state index in [1.165, 1.54) is 109 Å². The molecule has 0 fully saturated rings. The zero-order chi connectivity index (χ0) is 43.5. The van der Waals surface area contributed by atoms with Gasteiger partial charge in [0.05, 0.1) is 6.61 Å². The van der Waals surface area contributed by atoms with Crippen LogP contribution in [0.2, 0.25) is 0 Å². The Labute approximate surface area is 371 Å². The van der Waals surface area contributed by atoms with Crippen molar-refractivity contribution in [1.29, 1.82) is 0 Å². The summed E-state index contributed by atoms with van der Waals surface area (Å²) in [5, 5.41) is 0. The molecule has 0 heterocycles. The number of esters is 2. The molecule has 0 aliphatic rings. The van der Waals surface area contributed by atoms with Gasteiger partial charge in [-0.05, 0) is 103 Å². The topological polar surface area (TPSA) is 61.8 Å². The Bertz CT molecular complexity index is 1130. The average Bonchev–Trinajstić information content (AvgIpc) is 3.25. The highest BCUT2D eigenvalue weighted by atomic mass is 16.6. The second-order valence-electron chi connectivity index (χ2n) is 16.3. The van der Waals surface area contributed by atoms with Crippen molar-refractivity contribution < 1.29 is 23.8 Å². The number of rotatable bonds is 45. The Hall–Kier alpha value is -2.92. The Kier molecular flexibility index (Phi) is 48.0. The molecule has 344 valence electrons. The predicted molar refractivity (Wildman–Crippen MR) is 260 cm³/mol. The molecule has 5 heteroatoms. The largest absolute Gasteiger partial charge is 0.462 e. The van der Waals surface area contributed by atoms with Gasteiger partial charge in [-0.3, -0.25) is 9.59 Å². The van der Waals surface area contributed by atoms with Crippen molar-refractivity contribution in [2.75, 3.05) is 19.8 Å². The van der Waals surface area contributed by atoms with Crippen LogP contribution in [0.3, 0.4) is 0 Å². The lowest BCUT2D eigenvalue weighted by Crippen LogP contribution is -2.30. The van der Waals surface area contributed by atoms with Gasteiger partial charge in [-0.25, -0.2) is 0 Å². The van der Waals surface area contributed by atoms with Gasteiger partial charge in [0.25, 0.3) is 0 Å². The highest BCUT2D eigenvalue weighted by molar-refractivity contribution is 5.70. The fraction of sp³-hybridized carbons (Fsp3) is 0.709. The Morgan fingerprint density at radius 1 is 0.383 bits per heavy atom. The number of hydrogen-bond donors (Lipinski definition) is 0. The highest BCUT2D eigenvalue weighted by Gasteiger charge is 2.17. The van der Waals surface area contributed by atoms with E-state index in [1.807, 2.05) is 0 Å². The highest BCUT2D eigenvalue weighted by Crippen LogP contribution is 2.13. The first kappa shape index (κ1) is 57.1. The SMILES string of the molecule is CC/C=C\C/C=C\C/C=C\C/C=C\C/C=C\CCCC(=O)OCC(COCCCCCCCC/C=C\CCCC)OC(=O)CCCCCCC/C=C\CCCCCCCC. The van der Waals surface area contributed by atoms with E-state index in [9.17, 15) is 9.59 Å². The lowest BCUT2D eigenvalue weighted by Gasteiger charge is -2.18. The van der Waals surface area contributed by atoms with Gasteiger partial charge in [-0.2, -0.15) is 0 Å². The van der Waals surface area contributed by atoms with Crippen LogP contribution in [-0.4, -0.2) is 37.9 Å². The molecule has 0 aromatic heterocycles. The summed E-state index contributed by atoms with van der Waals surface area (Å²) in [6, 6.07) is 0. The van der Waals surface area contributed by atoms with Gasteiger partial charge >= 0.3 is 11.9 Å². The summed E-state index contributed by atoms with van der Waals surface area (Å²) in [6.07, 6.45) is 65.9. The van der Waals surface area contributed by atoms with Crippen LogP contribution < -0.4 is 0 Å². The predicted octanol–water partition coefficient (Wildman–Crippen LogP) is 16.9. The molecule has 0 N–H and O–H groups in total. The van der Waals surface area contributed by atoms with Crippen LogP contribution in [0.1, 0.15) is 226 Å². The Morgan fingerprint density at radius 3 is 1.32 bits per heavy atom. The van der Waals surface area contributed by atoms with Crippen LogP contribution >= 0.6 is 0 Å². The summed E-state index contributed by atoms with van der Waals surface area (Å²) in [5.74, 6) is -0.479. The second-order valence-corrected chi connectivity index (χ2v) is 16.3. The standard InChI is InChI=1S/C55H94O5/c1-4-7-10-13-16-19-22-25-27-28-30-31-33-36-39-42-45-48-54(56)59-52-53(51-58-50-47-44-41-38-35-24-21-18-15-12-9-6-3)60-55(57)49-46-43-40-37-34-32-29-26-23-20-17-14-11-8-5-2/h7,10,15-16,18-19,25-27,29-31,36,39,53H,4-6,8-9,11-14,17,20-24,28,32-35,37-38,40-52H2,1-3H3/b10-7-,18-15-,19-16-,27-25-,29-26-,31-30-,39-36-. The number of allylic oxidation sites excluding steroid dienone is 14. The maximum atomic E-state index is 12.8. The minimum atomic E-state index is -0.569. The molecule has 0 aromatic rings. The summed E-state index contributed by atoms with van der Waals surface area (Å²) in [7, 11) is 0. The maximum absolute atomic E-state index is 12.8. The Balaban J connectivity index is 4.38. The molecule has 0 radical (unpaired) electrons. The molecule has 0 amide bonds. The summed E-state index contributed by atoms with van der Waals surface area (Å²) in [5.41, 5.74) is 0. The van der Waals surface area contributed by atoms with Gasteiger partial charge in [0, 0.05) is 19.4 Å². The van der Waals surface area contributed by atoms with Gasteiger partial charge in [-0.1, -0.05) is 196 Å². The zero-order valence-electron chi connectivity index (χ0n) is 39.5. The summed E-state index contributed by atoms with van der Waals surface area (Å²) in [4.78, 5) is 25.3. The summed E-state index contributed by atoms with van der Waals surface area (Å²) in [6.45, 7) is 7.59. The quantitative estimate of drug-likeness (QED) is 0.0347. The minimum Gasteiger partial charge on any atom is -0.462 e. The first-order valence-electron chi connectivity index (χ1n) is 25.1. The van der Waals surface area contributed by atoms with E-state index in [1.54, 1.807) is 0 Å². The summed E-state index contributed by atoms with van der Waals surface area (Å²) < 4.78 is 17.3. The zero-order valence-corrected chi connectivity index (χ0v) is 39.5. The number of carbonyl (C=O) groups excluding carboxylic acids is 2. The van der Waals surface area contributed by atoms with E-state index in [0.717, 1.165) is 83.5 Å². The van der Waals surface area contributed by atoms with Gasteiger partial charge in [0.1, 0.15) is 6.61 Å². The fourth-order valence-electron chi connectivity index (χ4n) is 6.64. The van der Waals surface area contributed by atoms with E-state index in [2.05, 4.69) is 106 Å². The smallest absolute Gasteiger partial charge is 0.306 e. The van der Waals surface area contributed by atoms with Gasteiger partial charge < -0.3 is 14.2 Å². The van der Waals surface area contributed by atoms with E-state index in [-0.39, 0.29) is 25.2 Å². The molecule has 0 rings (SSSR count). The lowest BCUT2D eigenvalue weighted by atomic mass is 10.1. The van der Waals surface area contributed by atoms with Crippen LogP contribution in [0.5, 0.6) is 0 Å². The molecule has 5 nitrogen and oxygen atoms in total. The fourth-order valence-corrected chi connectivity index (χ4v) is 6.64. The van der Waals surface area contributed by atoms with Crippen LogP contribution in [0.4, 0.5) is 0 Å². The molecule has 0 bridgehead atoms. The van der Waals surface area contributed by atoms with E-state index in [0.29, 0.717) is 19.4 Å².